The summed E-state index contributed by atoms with van der Waals surface area (Å²) in [6, 6.07) is 0. The van der Waals surface area contributed by atoms with Crippen LogP contribution < -0.4 is 10.2 Å². The van der Waals surface area contributed by atoms with Crippen LogP contribution in [-0.2, 0) is 0 Å². The third-order valence-electron chi connectivity index (χ3n) is 2.87. The van der Waals surface area contributed by atoms with Gasteiger partial charge in [0, 0.05) is 19.6 Å². The molecule has 0 aliphatic carbocycles. The molecule has 0 radical (unpaired) electrons. The number of hydrogen-bond acceptors (Lipinski definition) is 6. The van der Waals surface area contributed by atoms with Crippen LogP contribution in [-0.4, -0.2) is 34.5 Å². The van der Waals surface area contributed by atoms with E-state index in [0.29, 0.717) is 31.3 Å². The van der Waals surface area contributed by atoms with E-state index in [9.17, 15) is 10.1 Å². The zero-order chi connectivity index (χ0) is 14.3. The number of nitro groups is 1. The Morgan fingerprint density at radius 1 is 1.32 bits per heavy atom. The summed E-state index contributed by atoms with van der Waals surface area (Å²) in [5, 5.41) is 14.3. The Kier molecular flexibility index (Phi) is 5.98. The molecule has 0 spiro atoms. The molecule has 0 unspecified atom stereocenters. The molecule has 1 heterocycles. The van der Waals surface area contributed by atoms with Gasteiger partial charge in [0.1, 0.15) is 6.33 Å². The molecule has 0 saturated heterocycles. The minimum absolute atomic E-state index is 0.0395. The molecule has 0 amide bonds. The third kappa shape index (κ3) is 3.77. The van der Waals surface area contributed by atoms with E-state index < -0.39 is 4.92 Å². The Balaban J connectivity index is 3.10. The number of rotatable bonds is 8. The van der Waals surface area contributed by atoms with Gasteiger partial charge < -0.3 is 10.2 Å². The molecule has 7 heteroatoms. The second-order valence-electron chi connectivity index (χ2n) is 4.10. The van der Waals surface area contributed by atoms with Crippen LogP contribution in [0.4, 0.5) is 17.3 Å². The normalized spacial score (nSPS) is 10.3. The first-order valence-electron chi connectivity index (χ1n) is 6.63. The average molecular weight is 267 g/mol. The van der Waals surface area contributed by atoms with E-state index in [0.717, 1.165) is 12.8 Å². The Bertz CT molecular complexity index is 421. The molecule has 0 aromatic carbocycles. The molecule has 0 fully saturated rings. The van der Waals surface area contributed by atoms with Gasteiger partial charge in [0.05, 0.1) is 4.92 Å². The fourth-order valence-electron chi connectivity index (χ4n) is 1.81. The second-order valence-corrected chi connectivity index (χ2v) is 4.10. The quantitative estimate of drug-likeness (QED) is 0.442. The topological polar surface area (TPSA) is 84.2 Å². The maximum Gasteiger partial charge on any atom is 0.353 e. The van der Waals surface area contributed by atoms with Crippen molar-refractivity contribution in [3.05, 3.63) is 16.4 Å². The van der Waals surface area contributed by atoms with E-state index in [-0.39, 0.29) is 5.69 Å². The molecule has 0 atom stereocenters. The molecule has 0 aliphatic heterocycles. The van der Waals surface area contributed by atoms with E-state index in [1.54, 1.807) is 0 Å². The van der Waals surface area contributed by atoms with E-state index in [2.05, 4.69) is 22.2 Å². The smallest absolute Gasteiger partial charge is 0.353 e. The van der Waals surface area contributed by atoms with Crippen LogP contribution >= 0.6 is 0 Å². The van der Waals surface area contributed by atoms with Gasteiger partial charge in [0.2, 0.25) is 11.6 Å². The first-order chi connectivity index (χ1) is 9.15. The summed E-state index contributed by atoms with van der Waals surface area (Å²) in [6.45, 7) is 7.97. The molecule has 106 valence electrons. The number of nitrogens with one attached hydrogen (secondary N) is 1. The molecule has 0 saturated carbocycles. The summed E-state index contributed by atoms with van der Waals surface area (Å²) in [5.41, 5.74) is -0.0395. The molecule has 1 N–H and O–H groups in total. The molecule has 0 bridgehead atoms. The lowest BCUT2D eigenvalue weighted by atomic mass is 10.3. The summed E-state index contributed by atoms with van der Waals surface area (Å²) < 4.78 is 0. The highest BCUT2D eigenvalue weighted by molar-refractivity contribution is 5.70. The summed E-state index contributed by atoms with van der Waals surface area (Å²) in [4.78, 5) is 20.8. The first kappa shape index (κ1) is 15.1. The fraction of sp³-hybridized carbons (Fsp3) is 0.667. The van der Waals surface area contributed by atoms with Gasteiger partial charge in [0.15, 0.2) is 0 Å². The zero-order valence-electron chi connectivity index (χ0n) is 11.7. The van der Waals surface area contributed by atoms with Gasteiger partial charge >= 0.3 is 5.69 Å². The highest BCUT2D eigenvalue weighted by Crippen LogP contribution is 2.31. The predicted molar refractivity (Wildman–Crippen MR) is 75.6 cm³/mol. The van der Waals surface area contributed by atoms with E-state index >= 15 is 0 Å². The van der Waals surface area contributed by atoms with Crippen molar-refractivity contribution < 1.29 is 4.92 Å². The molecular weight excluding hydrogens is 246 g/mol. The van der Waals surface area contributed by atoms with Crippen molar-refractivity contribution in [2.75, 3.05) is 29.9 Å². The van der Waals surface area contributed by atoms with Crippen molar-refractivity contribution in [3.8, 4) is 0 Å². The molecular formula is C12H21N5O2. The molecule has 1 aromatic heterocycles. The van der Waals surface area contributed by atoms with Gasteiger partial charge in [-0.15, -0.1) is 0 Å². The summed E-state index contributed by atoms with van der Waals surface area (Å²) in [7, 11) is 0. The van der Waals surface area contributed by atoms with Gasteiger partial charge in [-0.3, -0.25) is 10.1 Å². The van der Waals surface area contributed by atoms with Gasteiger partial charge in [-0.25, -0.2) is 9.97 Å². The minimum atomic E-state index is -0.415. The van der Waals surface area contributed by atoms with Crippen molar-refractivity contribution >= 4 is 17.3 Å². The lowest BCUT2D eigenvalue weighted by Crippen LogP contribution is -2.24. The van der Waals surface area contributed by atoms with Crippen LogP contribution in [0.5, 0.6) is 0 Å². The van der Waals surface area contributed by atoms with Crippen molar-refractivity contribution in [2.45, 2.75) is 33.6 Å². The van der Waals surface area contributed by atoms with Crippen LogP contribution in [0.25, 0.3) is 0 Å². The van der Waals surface area contributed by atoms with Crippen molar-refractivity contribution in [1.29, 1.82) is 0 Å². The lowest BCUT2D eigenvalue weighted by molar-refractivity contribution is -0.383. The largest absolute Gasteiger partial charge is 0.364 e. The van der Waals surface area contributed by atoms with Crippen LogP contribution in [0.3, 0.4) is 0 Å². The summed E-state index contributed by atoms with van der Waals surface area (Å²) in [5.74, 6) is 0.680. The average Bonchev–Trinajstić information content (AvgIpc) is 2.40. The molecule has 7 nitrogen and oxygen atoms in total. The van der Waals surface area contributed by atoms with Gasteiger partial charge in [-0.2, -0.15) is 0 Å². The lowest BCUT2D eigenvalue weighted by Gasteiger charge is -2.19. The number of nitrogens with zero attached hydrogens (tertiary/aromatic N) is 4. The van der Waals surface area contributed by atoms with Crippen molar-refractivity contribution in [3.63, 3.8) is 0 Å². The maximum absolute atomic E-state index is 11.3. The number of anilines is 2. The Labute approximate surface area is 113 Å². The monoisotopic (exact) mass is 267 g/mol. The first-order valence-corrected chi connectivity index (χ1v) is 6.63. The van der Waals surface area contributed by atoms with Crippen LogP contribution in [0.15, 0.2) is 6.33 Å². The van der Waals surface area contributed by atoms with E-state index in [1.807, 2.05) is 18.7 Å². The Morgan fingerprint density at radius 2 is 2.00 bits per heavy atom. The van der Waals surface area contributed by atoms with E-state index in [1.165, 1.54) is 6.33 Å². The SMILES string of the molecule is CCCCNc1ncnc(N(CC)CC)c1[N+](=O)[O-]. The predicted octanol–water partition coefficient (Wildman–Crippen LogP) is 2.44. The number of aromatic nitrogens is 2. The molecule has 19 heavy (non-hydrogen) atoms. The van der Waals surface area contributed by atoms with Gasteiger partial charge in [-0.05, 0) is 20.3 Å². The molecule has 1 rings (SSSR count). The van der Waals surface area contributed by atoms with Crippen LogP contribution in [0.2, 0.25) is 0 Å². The fourth-order valence-corrected chi connectivity index (χ4v) is 1.81. The zero-order valence-corrected chi connectivity index (χ0v) is 11.7. The highest BCUT2D eigenvalue weighted by atomic mass is 16.6. The van der Waals surface area contributed by atoms with Crippen molar-refractivity contribution in [2.24, 2.45) is 0 Å². The minimum Gasteiger partial charge on any atom is -0.364 e. The second kappa shape index (κ2) is 7.50. The standard InChI is InChI=1S/C12H21N5O2/c1-4-7-8-13-11-10(17(18)19)12(15-9-14-11)16(5-2)6-3/h9H,4-8H2,1-3H3,(H,13,14,15). The van der Waals surface area contributed by atoms with Crippen LogP contribution in [0, 0.1) is 10.1 Å². The van der Waals surface area contributed by atoms with Gasteiger partial charge in [0.25, 0.3) is 0 Å². The summed E-state index contributed by atoms with van der Waals surface area (Å²) in [6.07, 6.45) is 3.34. The van der Waals surface area contributed by atoms with Gasteiger partial charge in [-0.1, -0.05) is 13.3 Å². The van der Waals surface area contributed by atoms with E-state index in [4.69, 9.17) is 0 Å². The Morgan fingerprint density at radius 3 is 2.53 bits per heavy atom. The number of unbranched alkanes of at least 4 members (excludes halogenated alkanes) is 1. The molecule has 1 aromatic rings. The van der Waals surface area contributed by atoms with Crippen LogP contribution in [0.1, 0.15) is 33.6 Å². The molecule has 0 aliphatic rings. The maximum atomic E-state index is 11.3. The third-order valence-corrected chi connectivity index (χ3v) is 2.87. The Hall–Kier alpha value is -1.92. The van der Waals surface area contributed by atoms with Crippen molar-refractivity contribution in [1.82, 2.24) is 9.97 Å². The number of hydrogen-bond donors (Lipinski definition) is 1. The highest BCUT2D eigenvalue weighted by Gasteiger charge is 2.25. The summed E-state index contributed by atoms with van der Waals surface area (Å²) >= 11 is 0.